The zero-order valence-electron chi connectivity index (χ0n) is 10.1. The number of non-ortho nitro benzene ring substituents is 1. The van der Waals surface area contributed by atoms with Crippen molar-refractivity contribution in [2.75, 3.05) is 0 Å². The molecule has 1 N–H and O–H groups in total. The first-order chi connectivity index (χ1) is 8.69. The van der Waals surface area contributed by atoms with Crippen molar-refractivity contribution >= 4 is 11.4 Å². The molecule has 1 aromatic carbocycles. The van der Waals surface area contributed by atoms with Gasteiger partial charge in [-0.05, 0) is 24.5 Å². The van der Waals surface area contributed by atoms with Crippen LogP contribution in [0.3, 0.4) is 0 Å². The second-order valence-corrected chi connectivity index (χ2v) is 3.66. The minimum absolute atomic E-state index is 0.00465. The molecule has 0 aliphatic heterocycles. The molecule has 1 aromatic rings. The molecule has 0 heterocycles. The molecule has 94 valence electrons. The molecule has 18 heavy (non-hydrogen) atoms. The first-order valence-corrected chi connectivity index (χ1v) is 5.64. The van der Waals surface area contributed by atoms with Crippen LogP contribution in [-0.4, -0.2) is 15.8 Å². The Kier molecular flexibility index (Phi) is 5.39. The first kappa shape index (κ1) is 13.7. The van der Waals surface area contributed by atoms with Crippen molar-refractivity contribution < 1.29 is 10.1 Å². The van der Waals surface area contributed by atoms with E-state index in [0.717, 1.165) is 19.3 Å². The smallest absolute Gasteiger partial charge is 0.269 e. The van der Waals surface area contributed by atoms with Crippen molar-refractivity contribution in [1.82, 2.24) is 0 Å². The number of nitro groups is 1. The van der Waals surface area contributed by atoms with E-state index in [9.17, 15) is 10.1 Å². The molecule has 5 nitrogen and oxygen atoms in total. The van der Waals surface area contributed by atoms with Gasteiger partial charge in [0.1, 0.15) is 0 Å². The van der Waals surface area contributed by atoms with Crippen molar-refractivity contribution in [2.24, 2.45) is 5.16 Å². The van der Waals surface area contributed by atoms with Gasteiger partial charge in [0.05, 0.1) is 4.92 Å². The summed E-state index contributed by atoms with van der Waals surface area (Å²) in [5.74, 6) is 5.65. The Morgan fingerprint density at radius 3 is 2.61 bits per heavy atom. The SMILES string of the molecule is CCCCC#CC(=NO)c1ccc([N+](=O)[O-])cc1. The molecule has 5 heteroatoms. The summed E-state index contributed by atoms with van der Waals surface area (Å²) in [7, 11) is 0. The Labute approximate surface area is 105 Å². The summed E-state index contributed by atoms with van der Waals surface area (Å²) in [6.07, 6.45) is 2.78. The summed E-state index contributed by atoms with van der Waals surface area (Å²) in [6.45, 7) is 2.07. The second kappa shape index (κ2) is 7.07. The van der Waals surface area contributed by atoms with Crippen LogP contribution in [0.25, 0.3) is 0 Å². The number of nitrogens with zero attached hydrogens (tertiary/aromatic N) is 2. The molecule has 0 aliphatic rings. The van der Waals surface area contributed by atoms with Crippen molar-refractivity contribution in [2.45, 2.75) is 26.2 Å². The number of nitro benzene ring substituents is 1. The highest BCUT2D eigenvalue weighted by Crippen LogP contribution is 2.12. The Morgan fingerprint density at radius 2 is 2.11 bits per heavy atom. The van der Waals surface area contributed by atoms with Crippen molar-refractivity contribution in [3.63, 3.8) is 0 Å². The maximum absolute atomic E-state index is 10.5. The molecule has 0 spiro atoms. The lowest BCUT2D eigenvalue weighted by Crippen LogP contribution is -1.98. The zero-order chi connectivity index (χ0) is 13.4. The van der Waals surface area contributed by atoms with Gasteiger partial charge in [-0.3, -0.25) is 10.1 Å². The number of unbranched alkanes of at least 4 members (excludes halogenated alkanes) is 2. The monoisotopic (exact) mass is 246 g/mol. The average Bonchev–Trinajstić information content (AvgIpc) is 2.39. The molecular weight excluding hydrogens is 232 g/mol. The molecule has 0 amide bonds. The number of oxime groups is 1. The third kappa shape index (κ3) is 3.91. The molecule has 0 bridgehead atoms. The summed E-state index contributed by atoms with van der Waals surface area (Å²) in [5.41, 5.74) is 0.781. The third-order valence-electron chi connectivity index (χ3n) is 2.31. The highest BCUT2D eigenvalue weighted by atomic mass is 16.6. The van der Waals surface area contributed by atoms with Gasteiger partial charge < -0.3 is 5.21 Å². The maximum Gasteiger partial charge on any atom is 0.269 e. The van der Waals surface area contributed by atoms with Gasteiger partial charge in [-0.2, -0.15) is 0 Å². The van der Waals surface area contributed by atoms with Crippen LogP contribution >= 0.6 is 0 Å². The van der Waals surface area contributed by atoms with E-state index in [1.54, 1.807) is 0 Å². The topological polar surface area (TPSA) is 75.7 Å². The number of hydrogen-bond acceptors (Lipinski definition) is 4. The molecule has 0 saturated carbocycles. The van der Waals surface area contributed by atoms with Crippen molar-refractivity contribution in [1.29, 1.82) is 0 Å². The highest BCUT2D eigenvalue weighted by molar-refractivity contribution is 6.12. The van der Waals surface area contributed by atoms with Gasteiger partial charge in [0.2, 0.25) is 0 Å². The Balaban J connectivity index is 2.82. The second-order valence-electron chi connectivity index (χ2n) is 3.66. The van der Waals surface area contributed by atoms with Gasteiger partial charge >= 0.3 is 0 Å². The minimum Gasteiger partial charge on any atom is -0.410 e. The van der Waals surface area contributed by atoms with Crippen LogP contribution in [0.1, 0.15) is 31.7 Å². The van der Waals surface area contributed by atoms with E-state index >= 15 is 0 Å². The van der Waals surface area contributed by atoms with E-state index in [1.165, 1.54) is 24.3 Å². The fraction of sp³-hybridized carbons (Fsp3) is 0.308. The summed E-state index contributed by atoms with van der Waals surface area (Å²) in [6, 6.07) is 5.74. The summed E-state index contributed by atoms with van der Waals surface area (Å²) in [5, 5.41) is 22.5. The molecule has 0 radical (unpaired) electrons. The zero-order valence-corrected chi connectivity index (χ0v) is 10.1. The van der Waals surface area contributed by atoms with Crippen LogP contribution in [0.15, 0.2) is 29.4 Å². The molecule has 0 saturated heterocycles. The lowest BCUT2D eigenvalue weighted by atomic mass is 10.1. The van der Waals surface area contributed by atoms with Crippen molar-refractivity contribution in [3.8, 4) is 11.8 Å². The minimum atomic E-state index is -0.480. The van der Waals surface area contributed by atoms with E-state index < -0.39 is 4.92 Å². The summed E-state index contributed by atoms with van der Waals surface area (Å²) < 4.78 is 0. The van der Waals surface area contributed by atoms with E-state index in [4.69, 9.17) is 5.21 Å². The van der Waals surface area contributed by atoms with Gasteiger partial charge in [-0.1, -0.05) is 24.4 Å². The van der Waals surface area contributed by atoms with Gasteiger partial charge in [0.15, 0.2) is 5.71 Å². The standard InChI is InChI=1S/C13H14N2O3/c1-2-3-4-5-6-13(14-16)11-7-9-12(10-8-11)15(17)18/h7-10,16H,2-4H2,1H3. The Morgan fingerprint density at radius 1 is 1.44 bits per heavy atom. The lowest BCUT2D eigenvalue weighted by molar-refractivity contribution is -0.384. The summed E-state index contributed by atoms with van der Waals surface area (Å²) in [4.78, 5) is 10.0. The lowest BCUT2D eigenvalue weighted by Gasteiger charge is -1.96. The van der Waals surface area contributed by atoms with E-state index in [0.29, 0.717) is 5.56 Å². The molecule has 0 fully saturated rings. The average molecular weight is 246 g/mol. The number of rotatable bonds is 4. The predicted octanol–water partition coefficient (Wildman–Crippen LogP) is 2.97. The molecule has 0 aliphatic carbocycles. The molecular formula is C13H14N2O3. The normalized spacial score (nSPS) is 10.6. The van der Waals surface area contributed by atoms with Crippen LogP contribution in [0.5, 0.6) is 0 Å². The molecule has 0 aromatic heterocycles. The van der Waals surface area contributed by atoms with E-state index in [-0.39, 0.29) is 11.4 Å². The highest BCUT2D eigenvalue weighted by Gasteiger charge is 2.06. The predicted molar refractivity (Wildman–Crippen MR) is 68.7 cm³/mol. The van der Waals surface area contributed by atoms with Crippen LogP contribution in [0, 0.1) is 22.0 Å². The Hall–Kier alpha value is -2.35. The Bertz CT molecular complexity index is 495. The van der Waals surface area contributed by atoms with E-state index in [2.05, 4.69) is 23.9 Å². The quantitative estimate of drug-likeness (QED) is 0.221. The van der Waals surface area contributed by atoms with Gasteiger partial charge in [0.25, 0.3) is 5.69 Å². The van der Waals surface area contributed by atoms with E-state index in [1.807, 2.05) is 0 Å². The van der Waals surface area contributed by atoms with Crippen LogP contribution < -0.4 is 0 Å². The fourth-order valence-corrected chi connectivity index (χ4v) is 1.31. The van der Waals surface area contributed by atoms with Crippen LogP contribution in [0.2, 0.25) is 0 Å². The van der Waals surface area contributed by atoms with Gasteiger partial charge in [-0.25, -0.2) is 0 Å². The summed E-state index contributed by atoms with van der Waals surface area (Å²) >= 11 is 0. The van der Waals surface area contributed by atoms with Gasteiger partial charge in [-0.15, -0.1) is 0 Å². The first-order valence-electron chi connectivity index (χ1n) is 5.64. The maximum atomic E-state index is 10.5. The molecule has 1 rings (SSSR count). The van der Waals surface area contributed by atoms with Crippen molar-refractivity contribution in [3.05, 3.63) is 39.9 Å². The third-order valence-corrected chi connectivity index (χ3v) is 2.31. The largest absolute Gasteiger partial charge is 0.410 e. The van der Waals surface area contributed by atoms with Crippen LogP contribution in [-0.2, 0) is 0 Å². The fourth-order valence-electron chi connectivity index (χ4n) is 1.31. The van der Waals surface area contributed by atoms with Crippen LogP contribution in [0.4, 0.5) is 5.69 Å². The number of hydrogen-bond donors (Lipinski definition) is 1. The van der Waals surface area contributed by atoms with Gasteiger partial charge in [0, 0.05) is 24.1 Å². The molecule has 0 unspecified atom stereocenters. The number of benzene rings is 1. The molecule has 0 atom stereocenters.